The summed E-state index contributed by atoms with van der Waals surface area (Å²) in [4.78, 5) is 30.8. The Labute approximate surface area is 158 Å². The second-order valence-electron chi connectivity index (χ2n) is 7.26. The Morgan fingerprint density at radius 2 is 2.07 bits per heavy atom. The van der Waals surface area contributed by atoms with Crippen LogP contribution in [0.25, 0.3) is 0 Å². The molecule has 0 unspecified atom stereocenters. The molecule has 1 aromatic heterocycles. The molecule has 0 saturated carbocycles. The van der Waals surface area contributed by atoms with Crippen LogP contribution in [0.1, 0.15) is 23.8 Å². The molecule has 27 heavy (non-hydrogen) atoms. The fourth-order valence-electron chi connectivity index (χ4n) is 4.03. The van der Waals surface area contributed by atoms with E-state index in [1.807, 2.05) is 13.1 Å². The number of aromatic nitrogens is 2. The minimum atomic E-state index is -0.255. The molecule has 4 heterocycles. The molecule has 4 rings (SSSR count). The standard InChI is InChI=1S/C18H27N5O4/c1-2-22-7-4-14(19-22)17(24)21-12-15-16(13-21)27-18(25)23(15)6-3-5-20-8-10-26-11-9-20/h4,7,15-16H,2-3,5-6,8-13H2,1H3/t15-,16+/m0/s1. The molecule has 0 radical (unpaired) electrons. The molecule has 0 aromatic carbocycles. The first kappa shape index (κ1) is 18.2. The Hall–Kier alpha value is -2.13. The quantitative estimate of drug-likeness (QED) is 0.708. The molecule has 3 aliphatic heterocycles. The molecule has 3 fully saturated rings. The molecule has 9 heteroatoms. The van der Waals surface area contributed by atoms with Crippen LogP contribution in [0.3, 0.4) is 0 Å². The van der Waals surface area contributed by atoms with Crippen molar-refractivity contribution in [3.05, 3.63) is 18.0 Å². The lowest BCUT2D eigenvalue weighted by molar-refractivity contribution is 0.0362. The van der Waals surface area contributed by atoms with Gasteiger partial charge in [0.25, 0.3) is 5.91 Å². The third-order valence-corrected chi connectivity index (χ3v) is 5.57. The van der Waals surface area contributed by atoms with Crippen molar-refractivity contribution in [1.29, 1.82) is 0 Å². The lowest BCUT2D eigenvalue weighted by atomic mass is 10.2. The lowest BCUT2D eigenvalue weighted by Gasteiger charge is -2.28. The summed E-state index contributed by atoms with van der Waals surface area (Å²) < 4.78 is 12.6. The number of hydrogen-bond donors (Lipinski definition) is 0. The first-order chi connectivity index (χ1) is 13.2. The molecule has 3 aliphatic rings. The number of amides is 2. The first-order valence-corrected chi connectivity index (χ1v) is 9.76. The topological polar surface area (TPSA) is 80.1 Å². The normalized spacial score (nSPS) is 25.7. The third kappa shape index (κ3) is 3.79. The van der Waals surface area contributed by atoms with Crippen molar-refractivity contribution in [3.63, 3.8) is 0 Å². The van der Waals surface area contributed by atoms with Crippen LogP contribution in [-0.2, 0) is 16.0 Å². The molecule has 0 N–H and O–H groups in total. The molecular formula is C18H27N5O4. The zero-order chi connectivity index (χ0) is 18.8. The summed E-state index contributed by atoms with van der Waals surface area (Å²) in [5, 5.41) is 4.29. The van der Waals surface area contributed by atoms with Crippen LogP contribution in [0.5, 0.6) is 0 Å². The van der Waals surface area contributed by atoms with Crippen molar-refractivity contribution in [3.8, 4) is 0 Å². The van der Waals surface area contributed by atoms with E-state index in [4.69, 9.17) is 9.47 Å². The largest absolute Gasteiger partial charge is 0.442 e. The molecular weight excluding hydrogens is 350 g/mol. The van der Waals surface area contributed by atoms with E-state index >= 15 is 0 Å². The third-order valence-electron chi connectivity index (χ3n) is 5.57. The second kappa shape index (κ2) is 7.85. The summed E-state index contributed by atoms with van der Waals surface area (Å²) in [5.41, 5.74) is 0.446. The number of rotatable bonds is 6. The number of hydrogen-bond acceptors (Lipinski definition) is 6. The van der Waals surface area contributed by atoms with E-state index in [0.717, 1.165) is 45.8 Å². The summed E-state index contributed by atoms with van der Waals surface area (Å²) in [7, 11) is 0. The SMILES string of the molecule is CCn1ccc(C(=O)N2C[C@H]3OC(=O)N(CCCN4CCOCC4)[C@H]3C2)n1. The first-order valence-electron chi connectivity index (χ1n) is 9.76. The van der Waals surface area contributed by atoms with Gasteiger partial charge in [-0.25, -0.2) is 4.79 Å². The van der Waals surface area contributed by atoms with Gasteiger partial charge in [-0.15, -0.1) is 0 Å². The maximum Gasteiger partial charge on any atom is 0.410 e. The van der Waals surface area contributed by atoms with Crippen LogP contribution in [0.15, 0.2) is 12.3 Å². The number of carbonyl (C=O) groups is 2. The van der Waals surface area contributed by atoms with Crippen LogP contribution in [0, 0.1) is 0 Å². The van der Waals surface area contributed by atoms with E-state index in [9.17, 15) is 9.59 Å². The Morgan fingerprint density at radius 1 is 1.26 bits per heavy atom. The molecule has 2 atom stereocenters. The molecule has 3 saturated heterocycles. The number of likely N-dealkylation sites (tertiary alicyclic amines) is 1. The highest BCUT2D eigenvalue weighted by Gasteiger charge is 2.48. The minimum absolute atomic E-state index is 0.0561. The van der Waals surface area contributed by atoms with Crippen LogP contribution in [-0.4, -0.2) is 101 Å². The van der Waals surface area contributed by atoms with E-state index in [1.165, 1.54) is 0 Å². The maximum atomic E-state index is 12.7. The predicted octanol–water partition coefficient (Wildman–Crippen LogP) is 0.271. The molecule has 0 aliphatic carbocycles. The number of aryl methyl sites for hydroxylation is 1. The van der Waals surface area contributed by atoms with Gasteiger partial charge >= 0.3 is 6.09 Å². The van der Waals surface area contributed by atoms with Crippen molar-refractivity contribution in [2.45, 2.75) is 32.0 Å². The highest BCUT2D eigenvalue weighted by atomic mass is 16.6. The van der Waals surface area contributed by atoms with Gasteiger partial charge in [-0.1, -0.05) is 0 Å². The number of morpholine rings is 1. The molecule has 2 amide bonds. The maximum absolute atomic E-state index is 12.7. The Bertz CT molecular complexity index is 687. The highest BCUT2D eigenvalue weighted by Crippen LogP contribution is 2.28. The number of fused-ring (bicyclic) bond motifs is 1. The summed E-state index contributed by atoms with van der Waals surface area (Å²) in [6.07, 6.45) is 2.21. The smallest absolute Gasteiger partial charge is 0.410 e. The zero-order valence-corrected chi connectivity index (χ0v) is 15.7. The average Bonchev–Trinajstić information content (AvgIpc) is 3.38. The molecule has 0 spiro atoms. The summed E-state index contributed by atoms with van der Waals surface area (Å²) in [6, 6.07) is 1.69. The van der Waals surface area contributed by atoms with Gasteiger partial charge in [-0.05, 0) is 19.4 Å². The van der Waals surface area contributed by atoms with Gasteiger partial charge in [0.05, 0.1) is 25.8 Å². The Morgan fingerprint density at radius 3 is 2.81 bits per heavy atom. The molecule has 9 nitrogen and oxygen atoms in total. The van der Waals surface area contributed by atoms with E-state index in [-0.39, 0.29) is 24.1 Å². The van der Waals surface area contributed by atoms with Crippen molar-refractivity contribution in [2.75, 3.05) is 52.5 Å². The fraction of sp³-hybridized carbons (Fsp3) is 0.722. The van der Waals surface area contributed by atoms with Crippen LogP contribution in [0.2, 0.25) is 0 Å². The van der Waals surface area contributed by atoms with Gasteiger partial charge < -0.3 is 14.4 Å². The number of ether oxygens (including phenoxy) is 2. The van der Waals surface area contributed by atoms with E-state index in [2.05, 4.69) is 10.00 Å². The van der Waals surface area contributed by atoms with E-state index < -0.39 is 0 Å². The van der Waals surface area contributed by atoms with Gasteiger partial charge in [0.1, 0.15) is 11.8 Å². The monoisotopic (exact) mass is 377 g/mol. The Kier molecular flexibility index (Phi) is 5.31. The minimum Gasteiger partial charge on any atom is -0.442 e. The highest BCUT2D eigenvalue weighted by molar-refractivity contribution is 5.92. The summed E-state index contributed by atoms with van der Waals surface area (Å²) in [5.74, 6) is -0.0964. The average molecular weight is 377 g/mol. The zero-order valence-electron chi connectivity index (χ0n) is 15.7. The van der Waals surface area contributed by atoms with Crippen molar-refractivity contribution >= 4 is 12.0 Å². The van der Waals surface area contributed by atoms with Gasteiger partial charge in [-0.3, -0.25) is 19.3 Å². The lowest BCUT2D eigenvalue weighted by Crippen LogP contribution is -2.42. The molecule has 148 valence electrons. The van der Waals surface area contributed by atoms with Crippen molar-refractivity contribution in [2.24, 2.45) is 0 Å². The molecule has 1 aromatic rings. The van der Waals surface area contributed by atoms with Crippen LogP contribution >= 0.6 is 0 Å². The second-order valence-corrected chi connectivity index (χ2v) is 7.26. The van der Waals surface area contributed by atoms with Gasteiger partial charge in [0.15, 0.2) is 0 Å². The van der Waals surface area contributed by atoms with Gasteiger partial charge in [0.2, 0.25) is 0 Å². The van der Waals surface area contributed by atoms with Crippen LogP contribution < -0.4 is 0 Å². The summed E-state index contributed by atoms with van der Waals surface area (Å²) >= 11 is 0. The summed E-state index contributed by atoms with van der Waals surface area (Å²) in [6.45, 7) is 8.71. The van der Waals surface area contributed by atoms with Gasteiger partial charge in [0, 0.05) is 45.5 Å². The van der Waals surface area contributed by atoms with Gasteiger partial charge in [-0.2, -0.15) is 5.10 Å². The van der Waals surface area contributed by atoms with E-state index in [0.29, 0.717) is 25.3 Å². The fourth-order valence-corrected chi connectivity index (χ4v) is 4.03. The Balaban J connectivity index is 1.31. The molecule has 0 bridgehead atoms. The van der Waals surface area contributed by atoms with Crippen molar-refractivity contribution < 1.29 is 19.1 Å². The van der Waals surface area contributed by atoms with E-state index in [1.54, 1.807) is 20.5 Å². The van der Waals surface area contributed by atoms with Crippen molar-refractivity contribution in [1.82, 2.24) is 24.5 Å². The predicted molar refractivity (Wildman–Crippen MR) is 96.4 cm³/mol. The number of carbonyl (C=O) groups excluding carboxylic acids is 2. The van der Waals surface area contributed by atoms with Crippen LogP contribution in [0.4, 0.5) is 4.79 Å². The number of nitrogens with zero attached hydrogens (tertiary/aromatic N) is 5.